The highest BCUT2D eigenvalue weighted by molar-refractivity contribution is 8.00. The molecule has 3 heteroatoms. The van der Waals surface area contributed by atoms with Crippen LogP contribution in [0.15, 0.2) is 12.2 Å². The summed E-state index contributed by atoms with van der Waals surface area (Å²) in [4.78, 5) is 11.0. The molecule has 0 spiro atoms. The van der Waals surface area contributed by atoms with E-state index in [0.717, 1.165) is 6.54 Å². The lowest BCUT2D eigenvalue weighted by molar-refractivity contribution is -0.116. The number of allylic oxidation sites excluding steroid dienone is 1. The molecular formula is C9H15NOS. The maximum atomic E-state index is 11.0. The minimum absolute atomic E-state index is 0.0258. The first kappa shape index (κ1) is 9.65. The lowest BCUT2D eigenvalue weighted by Crippen LogP contribution is -2.30. The van der Waals surface area contributed by atoms with Crippen LogP contribution in [0.2, 0.25) is 0 Å². The van der Waals surface area contributed by atoms with Gasteiger partial charge in [-0.05, 0) is 32.1 Å². The van der Waals surface area contributed by atoms with E-state index in [-0.39, 0.29) is 5.91 Å². The molecule has 12 heavy (non-hydrogen) atoms. The van der Waals surface area contributed by atoms with Crippen LogP contribution in [0.1, 0.15) is 19.8 Å². The Labute approximate surface area is 77.8 Å². The SMILES string of the molecule is C/C=C/C(=O)NCC1(SC)CC1. The summed E-state index contributed by atoms with van der Waals surface area (Å²) in [6.07, 6.45) is 7.91. The number of nitrogens with one attached hydrogen (secondary N) is 1. The van der Waals surface area contributed by atoms with E-state index in [9.17, 15) is 4.79 Å². The summed E-state index contributed by atoms with van der Waals surface area (Å²) in [6.45, 7) is 2.67. The third kappa shape index (κ3) is 2.55. The molecule has 1 N–H and O–H groups in total. The number of carbonyl (C=O) groups excluding carboxylic acids is 1. The van der Waals surface area contributed by atoms with E-state index in [2.05, 4.69) is 11.6 Å². The largest absolute Gasteiger partial charge is 0.351 e. The highest BCUT2D eigenvalue weighted by Crippen LogP contribution is 2.46. The predicted octanol–water partition coefficient (Wildman–Crippen LogP) is 1.57. The number of carbonyl (C=O) groups is 1. The second-order valence-electron chi connectivity index (χ2n) is 3.10. The van der Waals surface area contributed by atoms with E-state index >= 15 is 0 Å². The lowest BCUT2D eigenvalue weighted by atomic mass is 10.4. The van der Waals surface area contributed by atoms with Crippen molar-refractivity contribution in [2.45, 2.75) is 24.5 Å². The van der Waals surface area contributed by atoms with Gasteiger partial charge in [0.05, 0.1) is 0 Å². The quantitative estimate of drug-likeness (QED) is 0.674. The third-order valence-electron chi connectivity index (χ3n) is 2.14. The molecule has 1 fully saturated rings. The molecule has 1 aliphatic rings. The topological polar surface area (TPSA) is 29.1 Å². The van der Waals surface area contributed by atoms with Crippen LogP contribution >= 0.6 is 11.8 Å². The van der Waals surface area contributed by atoms with Crippen LogP contribution in [-0.4, -0.2) is 23.5 Å². The summed E-state index contributed by atoms with van der Waals surface area (Å²) in [5, 5.41) is 2.89. The second-order valence-corrected chi connectivity index (χ2v) is 4.38. The van der Waals surface area contributed by atoms with E-state index in [1.165, 1.54) is 12.8 Å². The first-order valence-electron chi connectivity index (χ1n) is 4.18. The Kier molecular flexibility index (Phi) is 3.20. The van der Waals surface area contributed by atoms with Gasteiger partial charge in [0.1, 0.15) is 0 Å². The summed E-state index contributed by atoms with van der Waals surface area (Å²) >= 11 is 1.86. The molecule has 0 bridgehead atoms. The summed E-state index contributed by atoms with van der Waals surface area (Å²) in [5.74, 6) is 0.0258. The zero-order chi connectivity index (χ0) is 9.03. The van der Waals surface area contributed by atoms with E-state index < -0.39 is 0 Å². The molecule has 0 unspecified atom stereocenters. The van der Waals surface area contributed by atoms with Crippen molar-refractivity contribution in [1.82, 2.24) is 5.32 Å². The third-order valence-corrected chi connectivity index (χ3v) is 3.56. The molecular weight excluding hydrogens is 170 g/mol. The smallest absolute Gasteiger partial charge is 0.243 e. The molecule has 0 radical (unpaired) electrons. The fourth-order valence-corrected chi connectivity index (χ4v) is 1.78. The second kappa shape index (κ2) is 3.99. The van der Waals surface area contributed by atoms with Gasteiger partial charge in [0.2, 0.25) is 5.91 Å². The Morgan fingerprint density at radius 1 is 1.67 bits per heavy atom. The van der Waals surface area contributed by atoms with Gasteiger partial charge in [-0.2, -0.15) is 11.8 Å². The van der Waals surface area contributed by atoms with Crippen LogP contribution in [0.3, 0.4) is 0 Å². The monoisotopic (exact) mass is 185 g/mol. The van der Waals surface area contributed by atoms with Gasteiger partial charge in [-0.25, -0.2) is 0 Å². The number of amides is 1. The van der Waals surface area contributed by atoms with Crippen molar-refractivity contribution in [3.05, 3.63) is 12.2 Å². The predicted molar refractivity (Wildman–Crippen MR) is 53.3 cm³/mol. The van der Waals surface area contributed by atoms with Crippen LogP contribution < -0.4 is 5.32 Å². The van der Waals surface area contributed by atoms with Crippen LogP contribution in [0.5, 0.6) is 0 Å². The van der Waals surface area contributed by atoms with Crippen molar-refractivity contribution >= 4 is 17.7 Å². The molecule has 1 rings (SSSR count). The van der Waals surface area contributed by atoms with Crippen molar-refractivity contribution in [2.24, 2.45) is 0 Å². The van der Waals surface area contributed by atoms with Gasteiger partial charge >= 0.3 is 0 Å². The van der Waals surface area contributed by atoms with Gasteiger partial charge in [0, 0.05) is 11.3 Å². The Balaban J connectivity index is 2.21. The van der Waals surface area contributed by atoms with Gasteiger partial charge in [-0.1, -0.05) is 6.08 Å². The molecule has 0 heterocycles. The van der Waals surface area contributed by atoms with Crippen LogP contribution in [0.4, 0.5) is 0 Å². The molecule has 1 saturated carbocycles. The molecule has 68 valence electrons. The van der Waals surface area contributed by atoms with Gasteiger partial charge in [-0.15, -0.1) is 0 Å². The van der Waals surface area contributed by atoms with Crippen molar-refractivity contribution in [2.75, 3.05) is 12.8 Å². The van der Waals surface area contributed by atoms with Gasteiger partial charge in [-0.3, -0.25) is 4.79 Å². The van der Waals surface area contributed by atoms with E-state index in [0.29, 0.717) is 4.75 Å². The number of hydrogen-bond acceptors (Lipinski definition) is 2. The van der Waals surface area contributed by atoms with Gasteiger partial charge in [0.15, 0.2) is 0 Å². The van der Waals surface area contributed by atoms with Crippen LogP contribution in [0.25, 0.3) is 0 Å². The van der Waals surface area contributed by atoms with Crippen molar-refractivity contribution in [3.8, 4) is 0 Å². The summed E-state index contributed by atoms with van der Waals surface area (Å²) in [6, 6.07) is 0. The highest BCUT2D eigenvalue weighted by Gasteiger charge is 2.41. The van der Waals surface area contributed by atoms with E-state index in [4.69, 9.17) is 0 Å². The van der Waals surface area contributed by atoms with Crippen LogP contribution in [0, 0.1) is 0 Å². The molecule has 0 aromatic carbocycles. The Bertz CT molecular complexity index is 197. The normalized spacial score (nSPS) is 19.5. The molecule has 0 aliphatic heterocycles. The lowest BCUT2D eigenvalue weighted by Gasteiger charge is -2.11. The number of rotatable bonds is 4. The zero-order valence-electron chi connectivity index (χ0n) is 7.59. The number of thioether (sulfide) groups is 1. The standard InChI is InChI=1S/C9H15NOS/c1-3-4-8(11)10-7-9(12-2)5-6-9/h3-4H,5-7H2,1-2H3,(H,10,11)/b4-3+. The average Bonchev–Trinajstić information content (AvgIpc) is 2.82. The minimum Gasteiger partial charge on any atom is -0.351 e. The first-order chi connectivity index (χ1) is 5.72. The van der Waals surface area contributed by atoms with Crippen LogP contribution in [-0.2, 0) is 4.79 Å². The fraction of sp³-hybridized carbons (Fsp3) is 0.667. The molecule has 1 amide bonds. The molecule has 0 atom stereocenters. The van der Waals surface area contributed by atoms with Gasteiger partial charge < -0.3 is 5.32 Å². The summed E-state index contributed by atoms with van der Waals surface area (Å²) < 4.78 is 0.372. The first-order valence-corrected chi connectivity index (χ1v) is 5.40. The Morgan fingerprint density at radius 2 is 2.33 bits per heavy atom. The van der Waals surface area contributed by atoms with Crippen molar-refractivity contribution in [3.63, 3.8) is 0 Å². The number of hydrogen-bond donors (Lipinski definition) is 1. The molecule has 0 aromatic rings. The molecule has 1 aliphatic carbocycles. The minimum atomic E-state index is 0.0258. The van der Waals surface area contributed by atoms with Crippen molar-refractivity contribution < 1.29 is 4.79 Å². The Hall–Kier alpha value is -0.440. The van der Waals surface area contributed by atoms with Gasteiger partial charge in [0.25, 0.3) is 0 Å². The molecule has 0 aromatic heterocycles. The molecule has 2 nitrogen and oxygen atoms in total. The maximum Gasteiger partial charge on any atom is 0.243 e. The van der Waals surface area contributed by atoms with Crippen molar-refractivity contribution in [1.29, 1.82) is 0 Å². The average molecular weight is 185 g/mol. The van der Waals surface area contributed by atoms with E-state index in [1.807, 2.05) is 18.7 Å². The summed E-state index contributed by atoms with van der Waals surface area (Å²) in [7, 11) is 0. The summed E-state index contributed by atoms with van der Waals surface area (Å²) in [5.41, 5.74) is 0. The Morgan fingerprint density at radius 3 is 2.75 bits per heavy atom. The zero-order valence-corrected chi connectivity index (χ0v) is 8.41. The fourth-order valence-electron chi connectivity index (χ4n) is 1.05. The molecule has 0 saturated heterocycles. The maximum absolute atomic E-state index is 11.0. The highest BCUT2D eigenvalue weighted by atomic mass is 32.2. The van der Waals surface area contributed by atoms with E-state index in [1.54, 1.807) is 12.2 Å².